The molecule has 0 unspecified atom stereocenters. The van der Waals surface area contributed by atoms with Crippen molar-refractivity contribution in [2.24, 2.45) is 0 Å². The Morgan fingerprint density at radius 1 is 1.38 bits per heavy atom. The molecule has 0 fully saturated rings. The third-order valence-corrected chi connectivity index (χ3v) is 4.60. The van der Waals surface area contributed by atoms with Crippen LogP contribution >= 0.6 is 11.3 Å². The highest BCUT2D eigenvalue weighted by Gasteiger charge is 2.18. The quantitative estimate of drug-likeness (QED) is 0.851. The summed E-state index contributed by atoms with van der Waals surface area (Å²) in [6.45, 7) is 8.03. The van der Waals surface area contributed by atoms with Gasteiger partial charge in [-0.2, -0.15) is 4.98 Å². The summed E-state index contributed by atoms with van der Waals surface area (Å²) in [7, 11) is 3.58. The summed E-state index contributed by atoms with van der Waals surface area (Å²) in [4.78, 5) is 13.9. The fourth-order valence-corrected chi connectivity index (χ4v) is 3.22. The number of nitrogens with one attached hydrogen (secondary N) is 1. The van der Waals surface area contributed by atoms with Crippen LogP contribution in [0.3, 0.4) is 0 Å². The molecule has 0 radical (unpaired) electrons. The lowest BCUT2D eigenvalue weighted by molar-refractivity contribution is 0.203. The van der Waals surface area contributed by atoms with Crippen LogP contribution in [0.15, 0.2) is 6.07 Å². The van der Waals surface area contributed by atoms with Gasteiger partial charge in [0.15, 0.2) is 0 Å². The number of rotatable bonds is 7. The molecule has 116 valence electrons. The largest absolute Gasteiger partial charge is 0.383 e. The van der Waals surface area contributed by atoms with Gasteiger partial charge in [0.25, 0.3) is 0 Å². The van der Waals surface area contributed by atoms with Gasteiger partial charge >= 0.3 is 0 Å². The molecule has 0 spiro atoms. The molecule has 0 aliphatic rings. The number of hydrogen-bond acceptors (Lipinski definition) is 6. The summed E-state index contributed by atoms with van der Waals surface area (Å²) in [6.07, 6.45) is 1.02. The molecule has 2 aromatic heterocycles. The average molecular weight is 308 g/mol. The number of anilines is 2. The minimum Gasteiger partial charge on any atom is -0.383 e. The fourth-order valence-electron chi connectivity index (χ4n) is 2.26. The molecule has 0 bridgehead atoms. The highest BCUT2D eigenvalue weighted by atomic mass is 32.1. The van der Waals surface area contributed by atoms with E-state index in [-0.39, 0.29) is 0 Å². The number of nitrogens with zero attached hydrogens (tertiary/aromatic N) is 3. The Bertz CT molecular complexity index is 597. The topological polar surface area (TPSA) is 50.3 Å². The zero-order chi connectivity index (χ0) is 15.4. The lowest BCUT2D eigenvalue weighted by Gasteiger charge is -2.28. The molecular formula is C15H24N4OS. The van der Waals surface area contributed by atoms with Crippen LogP contribution in [-0.4, -0.2) is 43.3 Å². The Morgan fingerprint density at radius 3 is 2.71 bits per heavy atom. The van der Waals surface area contributed by atoms with E-state index in [2.05, 4.69) is 42.0 Å². The van der Waals surface area contributed by atoms with E-state index >= 15 is 0 Å². The lowest BCUT2D eigenvalue weighted by Crippen LogP contribution is -2.34. The molecule has 0 atom stereocenters. The predicted octanol–water partition coefficient (Wildman–Crippen LogP) is 3.16. The van der Waals surface area contributed by atoms with Gasteiger partial charge in [-0.1, -0.05) is 6.92 Å². The molecule has 6 heteroatoms. The average Bonchev–Trinajstić information content (AvgIpc) is 2.90. The minimum atomic E-state index is 0.355. The molecule has 1 N–H and O–H groups in total. The molecule has 0 saturated carbocycles. The lowest BCUT2D eigenvalue weighted by atomic mass is 10.2. The van der Waals surface area contributed by atoms with Gasteiger partial charge in [0, 0.05) is 31.6 Å². The summed E-state index contributed by atoms with van der Waals surface area (Å²) < 4.78 is 5.24. The molecule has 2 heterocycles. The number of thiophene rings is 1. The zero-order valence-electron chi connectivity index (χ0n) is 13.4. The molecule has 5 nitrogen and oxygen atoms in total. The van der Waals surface area contributed by atoms with Crippen LogP contribution < -0.4 is 10.2 Å². The maximum atomic E-state index is 5.24. The maximum Gasteiger partial charge on any atom is 0.225 e. The highest BCUT2D eigenvalue weighted by Crippen LogP contribution is 2.33. The summed E-state index contributed by atoms with van der Waals surface area (Å²) >= 11 is 1.74. The van der Waals surface area contributed by atoms with Gasteiger partial charge in [-0.25, -0.2) is 4.98 Å². The van der Waals surface area contributed by atoms with Gasteiger partial charge in [-0.15, -0.1) is 11.3 Å². The molecule has 0 aliphatic carbocycles. The van der Waals surface area contributed by atoms with Crippen LogP contribution in [0.2, 0.25) is 0 Å². The van der Waals surface area contributed by atoms with E-state index in [4.69, 9.17) is 9.72 Å². The van der Waals surface area contributed by atoms with Crippen molar-refractivity contribution in [2.45, 2.75) is 33.2 Å². The first-order chi connectivity index (χ1) is 10.1. The molecular weight excluding hydrogens is 284 g/mol. The Labute approximate surface area is 130 Å². The summed E-state index contributed by atoms with van der Waals surface area (Å²) in [6, 6.07) is 2.57. The normalized spacial score (nSPS) is 11.3. The standard InChI is InChI=1S/C15H24N4OS/c1-6-11-9-12-13(19(10(2)3)7-8-20-5)17-15(16-4)18-14(12)21-11/h9-10H,6-8H2,1-5H3,(H,16,17,18). The monoisotopic (exact) mass is 308 g/mol. The summed E-state index contributed by atoms with van der Waals surface area (Å²) in [5, 5.41) is 4.20. The first-order valence-corrected chi connectivity index (χ1v) is 8.16. The number of fused-ring (bicyclic) bond motifs is 1. The molecule has 0 aliphatic heterocycles. The maximum absolute atomic E-state index is 5.24. The summed E-state index contributed by atoms with van der Waals surface area (Å²) in [5.41, 5.74) is 0. The van der Waals surface area contributed by atoms with Gasteiger partial charge in [-0.3, -0.25) is 0 Å². The van der Waals surface area contributed by atoms with Gasteiger partial charge in [-0.05, 0) is 26.3 Å². The number of methoxy groups -OCH3 is 1. The SMILES string of the molecule is CCc1cc2c(N(CCOC)C(C)C)nc(NC)nc2s1. The number of aryl methyl sites for hydroxylation is 1. The van der Waals surface area contributed by atoms with Crippen LogP contribution in [0.5, 0.6) is 0 Å². The van der Waals surface area contributed by atoms with Gasteiger partial charge in [0.1, 0.15) is 10.6 Å². The van der Waals surface area contributed by atoms with E-state index in [1.807, 2.05) is 7.05 Å². The van der Waals surface area contributed by atoms with E-state index in [0.29, 0.717) is 18.6 Å². The predicted molar refractivity (Wildman–Crippen MR) is 90.7 cm³/mol. The third kappa shape index (κ3) is 3.44. The molecule has 2 aromatic rings. The van der Waals surface area contributed by atoms with Gasteiger partial charge < -0.3 is 15.0 Å². The molecule has 0 aromatic carbocycles. The smallest absolute Gasteiger partial charge is 0.225 e. The van der Waals surface area contributed by atoms with Crippen molar-refractivity contribution < 1.29 is 4.74 Å². The van der Waals surface area contributed by atoms with E-state index in [9.17, 15) is 0 Å². The Kier molecular flexibility index (Phi) is 5.36. The number of hydrogen-bond donors (Lipinski definition) is 1. The van der Waals surface area contributed by atoms with Crippen LogP contribution in [-0.2, 0) is 11.2 Å². The number of aromatic nitrogens is 2. The minimum absolute atomic E-state index is 0.355. The Morgan fingerprint density at radius 2 is 2.14 bits per heavy atom. The Balaban J connectivity index is 2.54. The second kappa shape index (κ2) is 7.04. The van der Waals surface area contributed by atoms with Crippen LogP contribution in [0.1, 0.15) is 25.6 Å². The van der Waals surface area contributed by atoms with Crippen molar-refractivity contribution in [3.05, 3.63) is 10.9 Å². The van der Waals surface area contributed by atoms with E-state index in [1.54, 1.807) is 18.4 Å². The fraction of sp³-hybridized carbons (Fsp3) is 0.600. The van der Waals surface area contributed by atoms with E-state index in [0.717, 1.165) is 29.0 Å². The Hall–Kier alpha value is -1.40. The van der Waals surface area contributed by atoms with Crippen molar-refractivity contribution in [2.75, 3.05) is 37.5 Å². The second-order valence-electron chi connectivity index (χ2n) is 5.19. The first-order valence-electron chi connectivity index (χ1n) is 7.34. The molecule has 2 rings (SSSR count). The summed E-state index contributed by atoms with van der Waals surface area (Å²) in [5.74, 6) is 1.66. The number of ether oxygens (including phenoxy) is 1. The zero-order valence-corrected chi connectivity index (χ0v) is 14.3. The first kappa shape index (κ1) is 16.0. The highest BCUT2D eigenvalue weighted by molar-refractivity contribution is 7.18. The molecule has 21 heavy (non-hydrogen) atoms. The van der Waals surface area contributed by atoms with Crippen molar-refractivity contribution in [1.82, 2.24) is 9.97 Å². The molecule has 0 saturated heterocycles. The van der Waals surface area contributed by atoms with Crippen molar-refractivity contribution in [1.29, 1.82) is 0 Å². The second-order valence-corrected chi connectivity index (χ2v) is 6.30. The van der Waals surface area contributed by atoms with E-state index in [1.165, 1.54) is 4.88 Å². The molecule has 0 amide bonds. The van der Waals surface area contributed by atoms with Crippen molar-refractivity contribution in [3.8, 4) is 0 Å². The van der Waals surface area contributed by atoms with E-state index < -0.39 is 0 Å². The van der Waals surface area contributed by atoms with Crippen LogP contribution in [0.4, 0.5) is 11.8 Å². The van der Waals surface area contributed by atoms with Gasteiger partial charge in [0.2, 0.25) is 5.95 Å². The van der Waals surface area contributed by atoms with Crippen LogP contribution in [0, 0.1) is 0 Å². The van der Waals surface area contributed by atoms with Crippen molar-refractivity contribution in [3.63, 3.8) is 0 Å². The van der Waals surface area contributed by atoms with Gasteiger partial charge in [0.05, 0.1) is 12.0 Å². The van der Waals surface area contributed by atoms with Crippen LogP contribution in [0.25, 0.3) is 10.2 Å². The van der Waals surface area contributed by atoms with Crippen molar-refractivity contribution >= 4 is 33.3 Å². The third-order valence-electron chi connectivity index (χ3n) is 3.43.